The highest BCUT2D eigenvalue weighted by Crippen LogP contribution is 2.18. The van der Waals surface area contributed by atoms with Gasteiger partial charge in [0.15, 0.2) is 5.11 Å². The number of aromatic nitrogens is 1. The molecular formula is C21H29N3O3S. The van der Waals surface area contributed by atoms with Gasteiger partial charge in [0, 0.05) is 31.9 Å². The maximum Gasteiger partial charge on any atom is 0.253 e. The Morgan fingerprint density at radius 3 is 2.93 bits per heavy atom. The third-order valence-corrected chi connectivity index (χ3v) is 5.51. The van der Waals surface area contributed by atoms with Gasteiger partial charge in [0.2, 0.25) is 0 Å². The average molecular weight is 404 g/mol. The molecule has 28 heavy (non-hydrogen) atoms. The molecule has 1 atom stereocenters. The highest BCUT2D eigenvalue weighted by Gasteiger charge is 2.18. The van der Waals surface area contributed by atoms with Gasteiger partial charge in [-0.2, -0.15) is 0 Å². The predicted octanol–water partition coefficient (Wildman–Crippen LogP) is 2.38. The van der Waals surface area contributed by atoms with E-state index in [-0.39, 0.29) is 18.3 Å². The number of ether oxygens (including phenoxy) is 1. The van der Waals surface area contributed by atoms with E-state index in [4.69, 9.17) is 17.0 Å². The Morgan fingerprint density at radius 1 is 1.39 bits per heavy atom. The van der Waals surface area contributed by atoms with Gasteiger partial charge < -0.3 is 25.0 Å². The van der Waals surface area contributed by atoms with Crippen LogP contribution in [0.1, 0.15) is 36.0 Å². The standard InChI is InChI=1S/C21H29N3O3S/c1-14-9-15(2)19-16(10-14)11-17(20(26)23-19)13-24(6-4-7-25)21(28)22-12-18-5-3-8-27-18/h9-11,18,25H,3-8,12-13H2,1-2H3,(H,22,28)(H,23,26). The maximum atomic E-state index is 12.7. The third kappa shape index (κ3) is 5.10. The first-order chi connectivity index (χ1) is 13.5. The van der Waals surface area contributed by atoms with E-state index in [1.165, 1.54) is 0 Å². The Bertz CT molecular complexity index is 890. The highest BCUT2D eigenvalue weighted by atomic mass is 32.1. The van der Waals surface area contributed by atoms with Crippen LogP contribution in [-0.2, 0) is 11.3 Å². The van der Waals surface area contributed by atoms with Crippen molar-refractivity contribution in [1.29, 1.82) is 0 Å². The number of hydrogen-bond donors (Lipinski definition) is 3. The molecule has 1 saturated heterocycles. The van der Waals surface area contributed by atoms with Crippen LogP contribution < -0.4 is 10.9 Å². The first-order valence-electron chi connectivity index (χ1n) is 9.86. The molecule has 2 heterocycles. The molecule has 1 aliphatic heterocycles. The van der Waals surface area contributed by atoms with Gasteiger partial charge in [-0.3, -0.25) is 4.79 Å². The van der Waals surface area contributed by atoms with E-state index in [0.717, 1.165) is 41.5 Å². The number of nitrogens with zero attached hydrogens (tertiary/aromatic N) is 1. The number of nitrogens with one attached hydrogen (secondary N) is 2. The molecule has 0 aliphatic carbocycles. The molecule has 0 spiro atoms. The van der Waals surface area contributed by atoms with Crippen LogP contribution in [0.3, 0.4) is 0 Å². The number of pyridine rings is 1. The SMILES string of the molecule is Cc1cc(C)c2[nH]c(=O)c(CN(CCCO)C(=S)NCC3CCCO3)cc2c1. The average Bonchev–Trinajstić information content (AvgIpc) is 3.17. The van der Waals surface area contributed by atoms with Gasteiger partial charge in [-0.1, -0.05) is 11.6 Å². The molecule has 152 valence electrons. The van der Waals surface area contributed by atoms with Crippen LogP contribution in [0.2, 0.25) is 0 Å². The number of aromatic amines is 1. The van der Waals surface area contributed by atoms with Crippen LogP contribution in [0, 0.1) is 13.8 Å². The number of H-pyrrole nitrogens is 1. The van der Waals surface area contributed by atoms with Gasteiger partial charge in [0.25, 0.3) is 5.56 Å². The molecule has 7 heteroatoms. The minimum atomic E-state index is -0.102. The van der Waals surface area contributed by atoms with Crippen molar-refractivity contribution in [3.63, 3.8) is 0 Å². The molecule has 6 nitrogen and oxygen atoms in total. The van der Waals surface area contributed by atoms with Crippen LogP contribution in [0.5, 0.6) is 0 Å². The second-order valence-corrected chi connectivity index (χ2v) is 7.88. The lowest BCUT2D eigenvalue weighted by Gasteiger charge is -2.26. The molecule has 0 saturated carbocycles. The molecule has 0 bridgehead atoms. The van der Waals surface area contributed by atoms with Crippen molar-refractivity contribution in [3.05, 3.63) is 45.2 Å². The first-order valence-corrected chi connectivity index (χ1v) is 10.3. The topological polar surface area (TPSA) is 77.6 Å². The molecule has 0 radical (unpaired) electrons. The van der Waals surface area contributed by atoms with Crippen molar-refractivity contribution in [1.82, 2.24) is 15.2 Å². The maximum absolute atomic E-state index is 12.7. The van der Waals surface area contributed by atoms with Gasteiger partial charge in [0.05, 0.1) is 18.2 Å². The fourth-order valence-corrected chi connectivity index (χ4v) is 3.93. The predicted molar refractivity (Wildman–Crippen MR) is 116 cm³/mol. The second-order valence-electron chi connectivity index (χ2n) is 7.49. The van der Waals surface area contributed by atoms with Gasteiger partial charge >= 0.3 is 0 Å². The highest BCUT2D eigenvalue weighted by molar-refractivity contribution is 7.80. The number of hydrogen-bond acceptors (Lipinski definition) is 4. The molecular weight excluding hydrogens is 374 g/mol. The lowest BCUT2D eigenvalue weighted by Crippen LogP contribution is -2.43. The summed E-state index contributed by atoms with van der Waals surface area (Å²) < 4.78 is 5.64. The largest absolute Gasteiger partial charge is 0.396 e. The number of aliphatic hydroxyl groups is 1. The number of aliphatic hydroxyl groups excluding tert-OH is 1. The fourth-order valence-electron chi connectivity index (χ4n) is 3.69. The molecule has 3 N–H and O–H groups in total. The summed E-state index contributed by atoms with van der Waals surface area (Å²) in [5.41, 5.74) is 3.66. The Labute approximate surface area is 170 Å². The van der Waals surface area contributed by atoms with Crippen molar-refractivity contribution < 1.29 is 9.84 Å². The zero-order valence-corrected chi connectivity index (χ0v) is 17.4. The van der Waals surface area contributed by atoms with Crippen molar-refractivity contribution in [2.75, 3.05) is 26.3 Å². The molecule has 0 amide bonds. The summed E-state index contributed by atoms with van der Waals surface area (Å²) in [5, 5.41) is 14.1. The van der Waals surface area contributed by atoms with Crippen LogP contribution >= 0.6 is 12.2 Å². The number of aryl methyl sites for hydroxylation is 2. The minimum Gasteiger partial charge on any atom is -0.396 e. The molecule has 1 aliphatic rings. The normalized spacial score (nSPS) is 16.5. The number of thiocarbonyl (C=S) groups is 1. The molecule has 1 unspecified atom stereocenters. The fraction of sp³-hybridized carbons (Fsp3) is 0.524. The van der Waals surface area contributed by atoms with E-state index in [2.05, 4.69) is 29.4 Å². The second kappa shape index (κ2) is 9.49. The number of fused-ring (bicyclic) bond motifs is 1. The van der Waals surface area contributed by atoms with E-state index in [9.17, 15) is 9.90 Å². The lowest BCUT2D eigenvalue weighted by atomic mass is 10.1. The van der Waals surface area contributed by atoms with Crippen molar-refractivity contribution >= 4 is 28.2 Å². The molecule has 3 rings (SSSR count). The molecule has 2 aromatic rings. The Hall–Kier alpha value is -1.96. The van der Waals surface area contributed by atoms with Crippen LogP contribution in [0.25, 0.3) is 10.9 Å². The van der Waals surface area contributed by atoms with Crippen LogP contribution in [-0.4, -0.2) is 52.5 Å². The Balaban J connectivity index is 1.78. The van der Waals surface area contributed by atoms with Crippen molar-refractivity contribution in [2.45, 2.75) is 45.8 Å². The van der Waals surface area contributed by atoms with Gasteiger partial charge in [-0.25, -0.2) is 0 Å². The van der Waals surface area contributed by atoms with E-state index in [1.54, 1.807) is 0 Å². The first kappa shape index (κ1) is 20.8. The smallest absolute Gasteiger partial charge is 0.253 e. The van der Waals surface area contributed by atoms with Crippen LogP contribution in [0.15, 0.2) is 23.0 Å². The minimum absolute atomic E-state index is 0.0807. The summed E-state index contributed by atoms with van der Waals surface area (Å²) in [6.45, 7) is 6.59. The van der Waals surface area contributed by atoms with Gasteiger partial charge in [-0.15, -0.1) is 0 Å². The van der Waals surface area contributed by atoms with Crippen molar-refractivity contribution in [3.8, 4) is 0 Å². The zero-order valence-electron chi connectivity index (χ0n) is 16.6. The zero-order chi connectivity index (χ0) is 20.1. The van der Waals surface area contributed by atoms with Gasteiger partial charge in [-0.05, 0) is 68.4 Å². The Morgan fingerprint density at radius 2 is 2.21 bits per heavy atom. The van der Waals surface area contributed by atoms with E-state index in [0.29, 0.717) is 36.7 Å². The summed E-state index contributed by atoms with van der Waals surface area (Å²) in [4.78, 5) is 17.6. The van der Waals surface area contributed by atoms with Crippen LogP contribution in [0.4, 0.5) is 0 Å². The summed E-state index contributed by atoms with van der Waals surface area (Å²) in [7, 11) is 0. The quantitative estimate of drug-likeness (QED) is 0.616. The summed E-state index contributed by atoms with van der Waals surface area (Å²) in [5.74, 6) is 0. The molecule has 1 fully saturated rings. The van der Waals surface area contributed by atoms with E-state index >= 15 is 0 Å². The lowest BCUT2D eigenvalue weighted by molar-refractivity contribution is 0.113. The molecule has 1 aromatic heterocycles. The monoisotopic (exact) mass is 403 g/mol. The van der Waals surface area contributed by atoms with Gasteiger partial charge in [0.1, 0.15) is 0 Å². The third-order valence-electron chi connectivity index (χ3n) is 5.11. The summed E-state index contributed by atoms with van der Waals surface area (Å²) in [6.07, 6.45) is 2.90. The van der Waals surface area contributed by atoms with E-state index < -0.39 is 0 Å². The van der Waals surface area contributed by atoms with Crippen molar-refractivity contribution in [2.24, 2.45) is 0 Å². The summed E-state index contributed by atoms with van der Waals surface area (Å²) in [6, 6.07) is 6.09. The Kier molecular flexibility index (Phi) is 7.04. The molecule has 1 aromatic carbocycles. The summed E-state index contributed by atoms with van der Waals surface area (Å²) >= 11 is 5.57. The van der Waals surface area contributed by atoms with E-state index in [1.807, 2.05) is 17.9 Å². The number of rotatable bonds is 7. The number of benzene rings is 1.